The van der Waals surface area contributed by atoms with Crippen molar-refractivity contribution in [1.29, 1.82) is 0 Å². The second-order valence-electron chi connectivity index (χ2n) is 6.53. The van der Waals surface area contributed by atoms with E-state index >= 15 is 0 Å². The van der Waals surface area contributed by atoms with E-state index in [4.69, 9.17) is 0 Å². The van der Waals surface area contributed by atoms with Gasteiger partial charge in [0, 0.05) is 24.5 Å². The zero-order valence-corrected chi connectivity index (χ0v) is 17.6. The number of carbonyl (C=O) groups excluding carboxylic acids is 1. The predicted molar refractivity (Wildman–Crippen MR) is 113 cm³/mol. The maximum atomic E-state index is 12.8. The minimum Gasteiger partial charge on any atom is -0.337 e. The van der Waals surface area contributed by atoms with E-state index in [0.29, 0.717) is 17.8 Å². The number of rotatable bonds is 6. The zero-order chi connectivity index (χ0) is 20.3. The van der Waals surface area contributed by atoms with Crippen LogP contribution >= 0.6 is 11.3 Å². The Morgan fingerprint density at radius 2 is 1.71 bits per heavy atom. The zero-order valence-electron chi connectivity index (χ0n) is 16.0. The Morgan fingerprint density at radius 1 is 1.00 bits per heavy atom. The molecule has 146 valence electrons. The molecule has 0 aliphatic heterocycles. The molecule has 5 nitrogen and oxygen atoms in total. The molecule has 7 heteroatoms. The average molecular weight is 415 g/mol. The van der Waals surface area contributed by atoms with E-state index in [1.54, 1.807) is 71.8 Å². The summed E-state index contributed by atoms with van der Waals surface area (Å²) >= 11 is 1.61. The van der Waals surface area contributed by atoms with Crippen molar-refractivity contribution in [1.82, 2.24) is 4.90 Å². The Balaban J connectivity index is 1.83. The van der Waals surface area contributed by atoms with E-state index < -0.39 is 10.0 Å². The van der Waals surface area contributed by atoms with Crippen molar-refractivity contribution >= 4 is 33.0 Å². The number of sulfonamides is 1. The summed E-state index contributed by atoms with van der Waals surface area (Å²) in [5.74, 6) is -0.100. The van der Waals surface area contributed by atoms with Crippen LogP contribution in [0.5, 0.6) is 0 Å². The molecule has 0 radical (unpaired) electrons. The molecule has 1 heterocycles. The molecule has 0 saturated heterocycles. The van der Waals surface area contributed by atoms with E-state index in [1.807, 2.05) is 24.4 Å². The van der Waals surface area contributed by atoms with Gasteiger partial charge in [-0.15, -0.1) is 11.3 Å². The monoisotopic (exact) mass is 414 g/mol. The van der Waals surface area contributed by atoms with Crippen LogP contribution in [0.1, 0.15) is 20.8 Å². The van der Waals surface area contributed by atoms with Crippen LogP contribution in [0.3, 0.4) is 0 Å². The third-order valence-corrected chi connectivity index (χ3v) is 7.15. The van der Waals surface area contributed by atoms with E-state index in [0.717, 1.165) is 10.4 Å². The van der Waals surface area contributed by atoms with Crippen LogP contribution < -0.4 is 4.31 Å². The topological polar surface area (TPSA) is 57.7 Å². The lowest BCUT2D eigenvalue weighted by molar-refractivity contribution is 0.0786. The van der Waals surface area contributed by atoms with Gasteiger partial charge in [-0.05, 0) is 54.3 Å². The van der Waals surface area contributed by atoms with E-state index in [1.165, 1.54) is 11.4 Å². The maximum Gasteiger partial charge on any atom is 0.264 e. The molecule has 0 aliphatic carbocycles. The van der Waals surface area contributed by atoms with Gasteiger partial charge in [-0.2, -0.15) is 0 Å². The lowest BCUT2D eigenvalue weighted by atomic mass is 10.1. The van der Waals surface area contributed by atoms with Gasteiger partial charge in [-0.3, -0.25) is 9.10 Å². The molecule has 3 rings (SSSR count). The largest absolute Gasteiger partial charge is 0.337 e. The Hall–Kier alpha value is -2.64. The van der Waals surface area contributed by atoms with Crippen molar-refractivity contribution in [3.05, 3.63) is 82.0 Å². The summed E-state index contributed by atoms with van der Waals surface area (Å²) in [6.07, 6.45) is 0. The van der Waals surface area contributed by atoms with Crippen LogP contribution in [0, 0.1) is 6.92 Å². The third kappa shape index (κ3) is 4.10. The smallest absolute Gasteiger partial charge is 0.264 e. The van der Waals surface area contributed by atoms with Crippen molar-refractivity contribution in [3.8, 4) is 0 Å². The van der Waals surface area contributed by atoms with Gasteiger partial charge in [-0.1, -0.05) is 24.3 Å². The van der Waals surface area contributed by atoms with E-state index in [9.17, 15) is 13.2 Å². The summed E-state index contributed by atoms with van der Waals surface area (Å²) in [6, 6.07) is 17.3. The second kappa shape index (κ2) is 8.16. The van der Waals surface area contributed by atoms with Gasteiger partial charge >= 0.3 is 0 Å². The van der Waals surface area contributed by atoms with Gasteiger partial charge in [-0.25, -0.2) is 8.42 Å². The van der Waals surface area contributed by atoms with Crippen LogP contribution in [0.4, 0.5) is 5.69 Å². The summed E-state index contributed by atoms with van der Waals surface area (Å²) < 4.78 is 26.9. The van der Waals surface area contributed by atoms with Gasteiger partial charge in [0.2, 0.25) is 0 Å². The van der Waals surface area contributed by atoms with Crippen molar-refractivity contribution in [2.75, 3.05) is 18.4 Å². The lowest BCUT2D eigenvalue weighted by Crippen LogP contribution is -2.28. The number of amides is 1. The molecule has 0 fully saturated rings. The molecular weight excluding hydrogens is 392 g/mol. The molecule has 3 aromatic rings. The van der Waals surface area contributed by atoms with E-state index in [2.05, 4.69) is 0 Å². The molecular formula is C21H22N2O3S2. The Labute approximate surface area is 169 Å². The normalized spacial score (nSPS) is 11.2. The molecule has 1 aromatic heterocycles. The summed E-state index contributed by atoms with van der Waals surface area (Å²) in [4.78, 5) is 15.7. The van der Waals surface area contributed by atoms with Crippen LogP contribution in [-0.2, 0) is 16.6 Å². The SMILES string of the molecule is Cc1cc(C(=O)N(C)Cc2cccs2)ccc1N(C)S(=O)(=O)c1ccccc1. The molecule has 2 aromatic carbocycles. The number of hydrogen-bond donors (Lipinski definition) is 0. The van der Waals surface area contributed by atoms with Crippen LogP contribution in [0.15, 0.2) is 70.9 Å². The molecule has 0 saturated carbocycles. The van der Waals surface area contributed by atoms with Crippen LogP contribution in [-0.4, -0.2) is 33.3 Å². The maximum absolute atomic E-state index is 12.8. The minimum absolute atomic E-state index is 0.100. The molecule has 0 bridgehead atoms. The molecule has 28 heavy (non-hydrogen) atoms. The van der Waals surface area contributed by atoms with Gasteiger partial charge in [0.15, 0.2) is 0 Å². The summed E-state index contributed by atoms with van der Waals surface area (Å²) in [5.41, 5.74) is 1.80. The van der Waals surface area contributed by atoms with Crippen LogP contribution in [0.25, 0.3) is 0 Å². The molecule has 0 atom stereocenters. The first-order valence-corrected chi connectivity index (χ1v) is 11.0. The third-order valence-electron chi connectivity index (χ3n) is 4.50. The standard InChI is InChI=1S/C21H22N2O3S2/c1-16-14-17(21(24)22(2)15-18-8-7-13-27-18)11-12-20(16)23(3)28(25,26)19-9-5-4-6-10-19/h4-14H,15H2,1-3H3. The summed E-state index contributed by atoms with van der Waals surface area (Å²) in [5, 5.41) is 1.98. The average Bonchev–Trinajstić information content (AvgIpc) is 3.20. The minimum atomic E-state index is -3.66. The quantitative estimate of drug-likeness (QED) is 0.609. The number of aryl methyl sites for hydroxylation is 1. The highest BCUT2D eigenvalue weighted by atomic mass is 32.2. The highest BCUT2D eigenvalue weighted by Gasteiger charge is 2.23. The number of benzene rings is 2. The Morgan fingerprint density at radius 3 is 2.32 bits per heavy atom. The fourth-order valence-corrected chi connectivity index (χ4v) is 4.99. The van der Waals surface area contributed by atoms with Crippen molar-refractivity contribution in [3.63, 3.8) is 0 Å². The highest BCUT2D eigenvalue weighted by molar-refractivity contribution is 7.92. The molecule has 0 N–H and O–H groups in total. The first-order valence-electron chi connectivity index (χ1n) is 8.73. The number of thiophene rings is 1. The first kappa shape index (κ1) is 20.1. The second-order valence-corrected chi connectivity index (χ2v) is 9.53. The summed E-state index contributed by atoms with van der Waals surface area (Å²) in [6.45, 7) is 2.35. The molecule has 0 unspecified atom stereocenters. The van der Waals surface area contributed by atoms with Crippen molar-refractivity contribution in [2.45, 2.75) is 18.4 Å². The Bertz CT molecular complexity index is 1060. The molecule has 0 aliphatic rings. The highest BCUT2D eigenvalue weighted by Crippen LogP contribution is 2.26. The fourth-order valence-electron chi connectivity index (χ4n) is 2.95. The number of hydrogen-bond acceptors (Lipinski definition) is 4. The van der Waals surface area contributed by atoms with E-state index in [-0.39, 0.29) is 10.8 Å². The lowest BCUT2D eigenvalue weighted by Gasteiger charge is -2.22. The fraction of sp³-hybridized carbons (Fsp3) is 0.190. The van der Waals surface area contributed by atoms with Crippen molar-refractivity contribution in [2.24, 2.45) is 0 Å². The predicted octanol–water partition coefficient (Wildman–Crippen LogP) is 4.15. The van der Waals surface area contributed by atoms with Gasteiger partial charge in [0.25, 0.3) is 15.9 Å². The number of nitrogens with zero attached hydrogens (tertiary/aromatic N) is 2. The van der Waals surface area contributed by atoms with Crippen molar-refractivity contribution < 1.29 is 13.2 Å². The molecule has 1 amide bonds. The van der Waals surface area contributed by atoms with Crippen LogP contribution in [0.2, 0.25) is 0 Å². The van der Waals surface area contributed by atoms with Gasteiger partial charge in [0.1, 0.15) is 0 Å². The number of carbonyl (C=O) groups is 1. The number of anilines is 1. The Kier molecular flexibility index (Phi) is 5.86. The molecule has 0 spiro atoms. The summed E-state index contributed by atoms with van der Waals surface area (Å²) in [7, 11) is -0.375. The van der Waals surface area contributed by atoms with Gasteiger partial charge < -0.3 is 4.90 Å². The van der Waals surface area contributed by atoms with Gasteiger partial charge in [0.05, 0.1) is 17.1 Å². The first-order chi connectivity index (χ1) is 13.3.